The van der Waals surface area contributed by atoms with Crippen molar-refractivity contribution in [2.45, 2.75) is 38.9 Å². The summed E-state index contributed by atoms with van der Waals surface area (Å²) in [4.78, 5) is 0. The van der Waals surface area contributed by atoms with Crippen LogP contribution in [0.15, 0.2) is 30.3 Å². The highest BCUT2D eigenvalue weighted by molar-refractivity contribution is 7.80. The predicted molar refractivity (Wildman–Crippen MR) is 75.3 cm³/mol. The molecule has 0 aliphatic carbocycles. The summed E-state index contributed by atoms with van der Waals surface area (Å²) in [6, 6.07) is 9.81. The SMILES string of the molecule is C[C@@H]1O[C@@H](NC(=S)Nc2ccccc2)C[C@H](C)O1. The first-order valence-corrected chi connectivity index (χ1v) is 6.48. The lowest BCUT2D eigenvalue weighted by Gasteiger charge is -2.33. The molecule has 4 nitrogen and oxygen atoms in total. The molecule has 3 atom stereocenters. The number of hydrogen-bond acceptors (Lipinski definition) is 3. The summed E-state index contributed by atoms with van der Waals surface area (Å²) in [5, 5.41) is 6.83. The molecule has 18 heavy (non-hydrogen) atoms. The summed E-state index contributed by atoms with van der Waals surface area (Å²) in [5.74, 6) is 0. The summed E-state index contributed by atoms with van der Waals surface area (Å²) in [6.45, 7) is 3.92. The molecule has 0 amide bonds. The summed E-state index contributed by atoms with van der Waals surface area (Å²) in [5.41, 5.74) is 0.961. The molecule has 2 rings (SSSR count). The Morgan fingerprint density at radius 2 is 1.94 bits per heavy atom. The van der Waals surface area contributed by atoms with Crippen LogP contribution in [0.1, 0.15) is 20.3 Å². The molecule has 1 heterocycles. The molecule has 98 valence electrons. The van der Waals surface area contributed by atoms with E-state index < -0.39 is 0 Å². The largest absolute Gasteiger partial charge is 0.350 e. The quantitative estimate of drug-likeness (QED) is 0.805. The zero-order chi connectivity index (χ0) is 13.0. The Labute approximate surface area is 113 Å². The number of hydrogen-bond donors (Lipinski definition) is 2. The monoisotopic (exact) mass is 266 g/mol. The zero-order valence-corrected chi connectivity index (χ0v) is 11.4. The van der Waals surface area contributed by atoms with Gasteiger partial charge in [-0.15, -0.1) is 0 Å². The first-order chi connectivity index (χ1) is 8.63. The van der Waals surface area contributed by atoms with Crippen molar-refractivity contribution in [3.63, 3.8) is 0 Å². The second-order valence-electron chi connectivity index (χ2n) is 4.34. The summed E-state index contributed by atoms with van der Waals surface area (Å²) < 4.78 is 11.1. The van der Waals surface area contributed by atoms with Gasteiger partial charge in [-0.3, -0.25) is 0 Å². The van der Waals surface area contributed by atoms with Gasteiger partial charge in [0.25, 0.3) is 0 Å². The molecule has 0 aromatic heterocycles. The third-order valence-corrected chi connectivity index (χ3v) is 2.87. The highest BCUT2D eigenvalue weighted by Crippen LogP contribution is 2.16. The number of rotatable bonds is 2. The molecule has 1 aromatic rings. The van der Waals surface area contributed by atoms with Crippen LogP contribution in [-0.4, -0.2) is 23.7 Å². The first-order valence-electron chi connectivity index (χ1n) is 6.07. The van der Waals surface area contributed by atoms with Crippen LogP contribution in [-0.2, 0) is 9.47 Å². The molecule has 0 unspecified atom stereocenters. The third kappa shape index (κ3) is 3.94. The topological polar surface area (TPSA) is 42.5 Å². The minimum Gasteiger partial charge on any atom is -0.350 e. The van der Waals surface area contributed by atoms with Gasteiger partial charge in [-0.2, -0.15) is 0 Å². The van der Waals surface area contributed by atoms with Crippen molar-refractivity contribution in [2.75, 3.05) is 5.32 Å². The maximum absolute atomic E-state index is 5.60. The van der Waals surface area contributed by atoms with E-state index in [4.69, 9.17) is 21.7 Å². The fourth-order valence-corrected chi connectivity index (χ4v) is 2.18. The van der Waals surface area contributed by atoms with Crippen LogP contribution in [0.2, 0.25) is 0 Å². The Morgan fingerprint density at radius 3 is 2.61 bits per heavy atom. The minimum atomic E-state index is -0.203. The number of anilines is 1. The van der Waals surface area contributed by atoms with Crippen molar-refractivity contribution < 1.29 is 9.47 Å². The summed E-state index contributed by atoms with van der Waals surface area (Å²) in [6.07, 6.45) is 0.644. The molecule has 0 radical (unpaired) electrons. The van der Waals surface area contributed by atoms with E-state index in [1.807, 2.05) is 44.2 Å². The second-order valence-corrected chi connectivity index (χ2v) is 4.75. The Balaban J connectivity index is 1.84. The minimum absolute atomic E-state index is 0.104. The average Bonchev–Trinajstić information content (AvgIpc) is 2.28. The summed E-state index contributed by atoms with van der Waals surface area (Å²) in [7, 11) is 0. The Kier molecular flexibility index (Phi) is 4.52. The van der Waals surface area contributed by atoms with Gasteiger partial charge >= 0.3 is 0 Å². The van der Waals surface area contributed by atoms with Crippen molar-refractivity contribution in [3.8, 4) is 0 Å². The van der Waals surface area contributed by atoms with E-state index in [0.717, 1.165) is 12.1 Å². The van der Waals surface area contributed by atoms with Crippen molar-refractivity contribution >= 4 is 23.0 Å². The standard InChI is InChI=1S/C13H18N2O2S/c1-9-8-12(17-10(2)16-9)15-13(18)14-11-6-4-3-5-7-11/h3-7,9-10,12H,8H2,1-2H3,(H2,14,15,18)/t9-,10-,12+/m0/s1. The molecular weight excluding hydrogens is 248 g/mol. The van der Waals surface area contributed by atoms with Crippen LogP contribution < -0.4 is 10.6 Å². The Hall–Kier alpha value is -1.17. The zero-order valence-electron chi connectivity index (χ0n) is 10.6. The van der Waals surface area contributed by atoms with Gasteiger partial charge < -0.3 is 20.1 Å². The number of para-hydroxylation sites is 1. The average molecular weight is 266 g/mol. The van der Waals surface area contributed by atoms with Gasteiger partial charge in [0.15, 0.2) is 11.4 Å². The lowest BCUT2D eigenvalue weighted by atomic mass is 10.2. The number of ether oxygens (including phenoxy) is 2. The van der Waals surface area contributed by atoms with Crippen LogP contribution in [0.4, 0.5) is 5.69 Å². The molecule has 1 fully saturated rings. The van der Waals surface area contributed by atoms with Gasteiger partial charge in [-0.1, -0.05) is 18.2 Å². The first kappa shape index (κ1) is 13.3. The van der Waals surface area contributed by atoms with Gasteiger partial charge in [-0.25, -0.2) is 0 Å². The lowest BCUT2D eigenvalue weighted by molar-refractivity contribution is -0.232. The number of nitrogens with one attached hydrogen (secondary N) is 2. The fraction of sp³-hybridized carbons (Fsp3) is 0.462. The maximum Gasteiger partial charge on any atom is 0.172 e. The molecule has 5 heteroatoms. The Bertz CT molecular complexity index is 389. The van der Waals surface area contributed by atoms with Gasteiger partial charge in [0.2, 0.25) is 0 Å². The van der Waals surface area contributed by atoms with Crippen molar-refractivity contribution in [3.05, 3.63) is 30.3 Å². The van der Waals surface area contributed by atoms with E-state index in [1.54, 1.807) is 0 Å². The smallest absolute Gasteiger partial charge is 0.172 e. The van der Waals surface area contributed by atoms with Crippen molar-refractivity contribution in [1.82, 2.24) is 5.32 Å². The summed E-state index contributed by atoms with van der Waals surface area (Å²) >= 11 is 5.25. The van der Waals surface area contributed by atoms with Crippen LogP contribution in [0.25, 0.3) is 0 Å². The molecule has 0 saturated carbocycles. The highest BCUT2D eigenvalue weighted by Gasteiger charge is 2.25. The number of thiocarbonyl (C=S) groups is 1. The normalized spacial score (nSPS) is 27.6. The van der Waals surface area contributed by atoms with Crippen molar-refractivity contribution in [1.29, 1.82) is 0 Å². The molecule has 1 aliphatic rings. The van der Waals surface area contributed by atoms with E-state index in [0.29, 0.717) is 5.11 Å². The number of benzene rings is 1. The lowest BCUT2D eigenvalue weighted by Crippen LogP contribution is -2.47. The van der Waals surface area contributed by atoms with Crippen molar-refractivity contribution in [2.24, 2.45) is 0 Å². The van der Waals surface area contributed by atoms with Crippen LogP contribution in [0, 0.1) is 0 Å². The highest BCUT2D eigenvalue weighted by atomic mass is 32.1. The van der Waals surface area contributed by atoms with E-state index in [-0.39, 0.29) is 18.6 Å². The molecule has 1 aliphatic heterocycles. The second kappa shape index (κ2) is 6.13. The third-order valence-electron chi connectivity index (χ3n) is 2.65. The van der Waals surface area contributed by atoms with Gasteiger partial charge in [-0.05, 0) is 38.2 Å². The van der Waals surface area contributed by atoms with Crippen LogP contribution in [0.5, 0.6) is 0 Å². The molecule has 0 bridgehead atoms. The molecule has 1 aromatic carbocycles. The Morgan fingerprint density at radius 1 is 1.22 bits per heavy atom. The molecular formula is C13H18N2O2S. The van der Waals surface area contributed by atoms with E-state index >= 15 is 0 Å². The maximum atomic E-state index is 5.60. The molecule has 0 spiro atoms. The van der Waals surface area contributed by atoms with E-state index in [1.165, 1.54) is 0 Å². The predicted octanol–water partition coefficient (Wildman–Crippen LogP) is 2.47. The van der Waals surface area contributed by atoms with Gasteiger partial charge in [0.05, 0.1) is 6.10 Å². The fourth-order valence-electron chi connectivity index (χ4n) is 1.93. The van der Waals surface area contributed by atoms with Crippen LogP contribution in [0.3, 0.4) is 0 Å². The van der Waals surface area contributed by atoms with E-state index in [2.05, 4.69) is 10.6 Å². The van der Waals surface area contributed by atoms with Crippen LogP contribution >= 0.6 is 12.2 Å². The van der Waals surface area contributed by atoms with Gasteiger partial charge in [0, 0.05) is 12.1 Å². The molecule has 1 saturated heterocycles. The molecule has 2 N–H and O–H groups in total. The van der Waals surface area contributed by atoms with E-state index in [9.17, 15) is 0 Å². The van der Waals surface area contributed by atoms with Gasteiger partial charge in [0.1, 0.15) is 6.23 Å².